The van der Waals surface area contributed by atoms with Gasteiger partial charge in [-0.25, -0.2) is 19.4 Å². The van der Waals surface area contributed by atoms with Crippen molar-refractivity contribution < 1.29 is 42.8 Å². The number of hydrogen-bond acceptors (Lipinski definition) is 9. The Morgan fingerprint density at radius 2 is 1.60 bits per heavy atom. The monoisotopic (exact) mass is 686 g/mol. The maximum absolute atomic E-state index is 13.8. The molecule has 3 atom stereocenters. The van der Waals surface area contributed by atoms with E-state index in [-0.39, 0.29) is 18.7 Å². The minimum atomic E-state index is -5.18. The predicted octanol–water partition coefficient (Wildman–Crippen LogP) is 2.56. The van der Waals surface area contributed by atoms with Crippen molar-refractivity contribution in [3.63, 3.8) is 0 Å². The van der Waals surface area contributed by atoms with Crippen LogP contribution in [0, 0.1) is 0 Å². The lowest BCUT2D eigenvalue weighted by Gasteiger charge is -2.35. The molecule has 0 bridgehead atoms. The van der Waals surface area contributed by atoms with Gasteiger partial charge in [0.05, 0.1) is 18.0 Å². The SMILES string of the molecule is CC(C)N(C[C@@H](OP(=O)(O)O)[C@H](Cc1ccccc1)NC(=O)[C@H](CC(N)=O)NC(=O)c1ccc2ccccc2n1)NC(=O)OC(C)(C)C. The van der Waals surface area contributed by atoms with Crippen LogP contribution in [0.1, 0.15) is 57.1 Å². The average Bonchev–Trinajstić information content (AvgIpc) is 2.98. The Bertz CT molecular complexity index is 1630. The second kappa shape index (κ2) is 16.6. The standard InChI is InChI=1S/C32H43N6O9P/c1-20(2)38(37-31(42)46-32(3,4)5)19-27(47-48(43,44)45)25(17-21-11-7-6-8-12-21)35-30(41)26(18-28(33)39)36-29(40)24-16-15-22-13-9-10-14-23(22)34-24/h6-16,20,25-27H,17-19H2,1-5H3,(H2,33,39)(H,35,41)(H,36,40)(H,37,42)(H2,43,44,45)/t25-,26-,27+/m0/s1. The van der Waals surface area contributed by atoms with E-state index in [2.05, 4.69) is 21.0 Å². The molecule has 3 aromatic rings. The molecule has 3 rings (SSSR count). The van der Waals surface area contributed by atoms with Gasteiger partial charge < -0.3 is 30.9 Å². The molecule has 0 aliphatic carbocycles. The molecular formula is C32H43N6O9P. The minimum Gasteiger partial charge on any atom is -0.443 e. The van der Waals surface area contributed by atoms with Gasteiger partial charge in [0.1, 0.15) is 23.4 Å². The van der Waals surface area contributed by atoms with Crippen LogP contribution in [0.4, 0.5) is 4.79 Å². The first kappa shape index (κ1) is 38.1. The molecule has 1 aromatic heterocycles. The molecule has 0 saturated heterocycles. The Labute approximate surface area is 278 Å². The Morgan fingerprint density at radius 3 is 2.21 bits per heavy atom. The fourth-order valence-corrected chi connectivity index (χ4v) is 5.24. The van der Waals surface area contributed by atoms with E-state index in [0.717, 1.165) is 5.39 Å². The number of hydrazine groups is 1. The third-order valence-electron chi connectivity index (χ3n) is 6.84. The van der Waals surface area contributed by atoms with Gasteiger partial charge in [0.15, 0.2) is 0 Å². The molecule has 7 N–H and O–H groups in total. The number of nitrogens with zero attached hydrogens (tertiary/aromatic N) is 2. The highest BCUT2D eigenvalue weighted by molar-refractivity contribution is 7.46. The number of benzene rings is 2. The maximum Gasteiger partial charge on any atom is 0.469 e. The summed E-state index contributed by atoms with van der Waals surface area (Å²) < 4.78 is 22.8. The van der Waals surface area contributed by atoms with E-state index in [9.17, 15) is 33.5 Å². The summed E-state index contributed by atoms with van der Waals surface area (Å²) in [6, 6.07) is 15.9. The Kier molecular flexibility index (Phi) is 13.2. The number of nitrogens with one attached hydrogen (secondary N) is 3. The van der Waals surface area contributed by atoms with Crippen molar-refractivity contribution in [1.82, 2.24) is 26.1 Å². The van der Waals surface area contributed by atoms with Crippen molar-refractivity contribution >= 4 is 42.5 Å². The van der Waals surface area contributed by atoms with E-state index in [4.69, 9.17) is 15.0 Å². The fourth-order valence-electron chi connectivity index (χ4n) is 4.67. The highest BCUT2D eigenvalue weighted by Crippen LogP contribution is 2.39. The Morgan fingerprint density at radius 1 is 0.958 bits per heavy atom. The number of primary amides is 1. The van der Waals surface area contributed by atoms with Crippen molar-refractivity contribution in [2.45, 2.75) is 77.3 Å². The molecule has 0 radical (unpaired) electrons. The molecule has 2 aromatic carbocycles. The summed E-state index contributed by atoms with van der Waals surface area (Å²) in [5.41, 5.74) is 8.36. The number of phosphoric ester groups is 1. The number of ether oxygens (including phenoxy) is 1. The van der Waals surface area contributed by atoms with Crippen molar-refractivity contribution in [2.75, 3.05) is 6.54 Å². The predicted molar refractivity (Wildman–Crippen MR) is 177 cm³/mol. The minimum absolute atomic E-state index is 0.000905. The molecule has 48 heavy (non-hydrogen) atoms. The number of para-hydroxylation sites is 1. The number of pyridine rings is 1. The van der Waals surface area contributed by atoms with Crippen LogP contribution in [-0.4, -0.2) is 80.0 Å². The van der Waals surface area contributed by atoms with E-state index < -0.39 is 67.9 Å². The quantitative estimate of drug-likeness (QED) is 0.101. The molecule has 0 aliphatic heterocycles. The van der Waals surface area contributed by atoms with Gasteiger partial charge in [0.2, 0.25) is 11.8 Å². The van der Waals surface area contributed by atoms with Crippen LogP contribution < -0.4 is 21.8 Å². The summed E-state index contributed by atoms with van der Waals surface area (Å²) in [5.74, 6) is -2.52. The zero-order valence-electron chi connectivity index (χ0n) is 27.5. The lowest BCUT2D eigenvalue weighted by atomic mass is 9.99. The van der Waals surface area contributed by atoms with Gasteiger partial charge in [-0.05, 0) is 58.7 Å². The molecule has 15 nitrogen and oxygen atoms in total. The summed E-state index contributed by atoms with van der Waals surface area (Å²) in [6.45, 7) is 8.14. The van der Waals surface area contributed by atoms with Crippen LogP contribution in [0.3, 0.4) is 0 Å². The van der Waals surface area contributed by atoms with E-state index in [1.807, 2.05) is 12.1 Å². The highest BCUT2D eigenvalue weighted by atomic mass is 31.2. The van der Waals surface area contributed by atoms with E-state index in [0.29, 0.717) is 11.1 Å². The van der Waals surface area contributed by atoms with Crippen LogP contribution in [0.2, 0.25) is 0 Å². The van der Waals surface area contributed by atoms with E-state index in [1.54, 1.807) is 83.1 Å². The van der Waals surface area contributed by atoms with Gasteiger partial charge in [-0.15, -0.1) is 0 Å². The van der Waals surface area contributed by atoms with E-state index in [1.165, 1.54) is 11.1 Å². The first-order chi connectivity index (χ1) is 22.4. The largest absolute Gasteiger partial charge is 0.469 e. The smallest absolute Gasteiger partial charge is 0.443 e. The fraction of sp³-hybridized carbons (Fsp3) is 0.406. The first-order valence-corrected chi connectivity index (χ1v) is 16.7. The molecule has 1 heterocycles. The molecule has 0 fully saturated rings. The number of nitrogens with two attached hydrogens (primary N) is 1. The van der Waals surface area contributed by atoms with Crippen molar-refractivity contribution in [3.05, 3.63) is 78.0 Å². The summed E-state index contributed by atoms with van der Waals surface area (Å²) in [6.07, 6.45) is -2.86. The molecular weight excluding hydrogens is 643 g/mol. The van der Waals surface area contributed by atoms with Crippen LogP contribution >= 0.6 is 7.82 Å². The van der Waals surface area contributed by atoms with Crippen LogP contribution in [0.5, 0.6) is 0 Å². The lowest BCUT2D eigenvalue weighted by Crippen LogP contribution is -2.58. The number of carbonyl (C=O) groups excluding carboxylic acids is 4. The number of phosphoric acid groups is 1. The molecule has 0 spiro atoms. The number of amides is 4. The van der Waals surface area contributed by atoms with Gasteiger partial charge in [-0.2, -0.15) is 0 Å². The normalized spacial score (nSPS) is 13.9. The summed E-state index contributed by atoms with van der Waals surface area (Å²) >= 11 is 0. The molecule has 0 unspecified atom stereocenters. The topological polar surface area (TPSA) is 223 Å². The van der Waals surface area contributed by atoms with Crippen molar-refractivity contribution in [2.24, 2.45) is 5.73 Å². The molecule has 4 amide bonds. The van der Waals surface area contributed by atoms with Gasteiger partial charge in [-0.1, -0.05) is 54.6 Å². The van der Waals surface area contributed by atoms with E-state index >= 15 is 0 Å². The molecule has 16 heteroatoms. The van der Waals surface area contributed by atoms with Crippen molar-refractivity contribution in [1.29, 1.82) is 0 Å². The zero-order chi connectivity index (χ0) is 35.6. The highest BCUT2D eigenvalue weighted by Gasteiger charge is 2.36. The maximum atomic E-state index is 13.8. The molecule has 0 aliphatic rings. The van der Waals surface area contributed by atoms with Crippen LogP contribution in [0.15, 0.2) is 66.7 Å². The summed E-state index contributed by atoms with van der Waals surface area (Å²) in [7, 11) is -5.18. The second-order valence-corrected chi connectivity index (χ2v) is 13.6. The lowest BCUT2D eigenvalue weighted by molar-refractivity contribution is -0.128. The zero-order valence-corrected chi connectivity index (χ0v) is 28.3. The third-order valence-corrected chi connectivity index (χ3v) is 7.38. The molecule has 260 valence electrons. The van der Waals surface area contributed by atoms with Crippen molar-refractivity contribution in [3.8, 4) is 0 Å². The Balaban J connectivity index is 1.94. The average molecular weight is 687 g/mol. The van der Waals surface area contributed by atoms with Gasteiger partial charge in [-0.3, -0.25) is 24.3 Å². The number of rotatable bonds is 15. The number of carbonyl (C=O) groups is 4. The van der Waals surface area contributed by atoms with Crippen LogP contribution in [-0.2, 0) is 29.8 Å². The third kappa shape index (κ3) is 12.7. The van der Waals surface area contributed by atoms with Gasteiger partial charge >= 0.3 is 13.9 Å². The van der Waals surface area contributed by atoms with Crippen LogP contribution in [0.25, 0.3) is 10.9 Å². The number of aromatic nitrogens is 1. The second-order valence-electron chi connectivity index (χ2n) is 12.4. The summed E-state index contributed by atoms with van der Waals surface area (Å²) in [4.78, 5) is 75.8. The first-order valence-electron chi connectivity index (χ1n) is 15.2. The summed E-state index contributed by atoms with van der Waals surface area (Å²) in [5, 5.41) is 7.34. The molecule has 0 saturated carbocycles. The number of fused-ring (bicyclic) bond motifs is 1. The Hall–Kier alpha value is -4.40. The van der Waals surface area contributed by atoms with Gasteiger partial charge in [0.25, 0.3) is 5.91 Å². The number of hydrogen-bond donors (Lipinski definition) is 6. The van der Waals surface area contributed by atoms with Gasteiger partial charge in [0, 0.05) is 18.0 Å².